The van der Waals surface area contributed by atoms with Crippen LogP contribution in [0.15, 0.2) is 0 Å². The quantitative estimate of drug-likeness (QED) is 0.264. The lowest BCUT2D eigenvalue weighted by molar-refractivity contribution is -0.110. The summed E-state index contributed by atoms with van der Waals surface area (Å²) in [5.41, 5.74) is 5.13. The summed E-state index contributed by atoms with van der Waals surface area (Å²) in [6.45, 7) is 8.89. The van der Waals surface area contributed by atoms with Crippen LogP contribution in [-0.4, -0.2) is 30.7 Å². The lowest BCUT2D eigenvalue weighted by Gasteiger charge is -2.26. The van der Waals surface area contributed by atoms with Crippen molar-refractivity contribution in [3.05, 3.63) is 33.4 Å². The zero-order valence-corrected chi connectivity index (χ0v) is 26.0. The van der Waals surface area contributed by atoms with Crippen LogP contribution < -0.4 is 0 Å². The van der Waals surface area contributed by atoms with Crippen molar-refractivity contribution in [2.75, 3.05) is 0 Å². The van der Waals surface area contributed by atoms with E-state index in [9.17, 15) is 28.8 Å². The van der Waals surface area contributed by atoms with Gasteiger partial charge in [0, 0.05) is 76.1 Å². The lowest BCUT2D eigenvalue weighted by atomic mass is 9.90. The van der Waals surface area contributed by atoms with E-state index >= 15 is 0 Å². The highest BCUT2D eigenvalue weighted by Gasteiger charge is 2.25. The third kappa shape index (κ3) is 12.3. The number of hydrogen-bond acceptors (Lipinski definition) is 12. The zero-order chi connectivity index (χ0) is 27.4. The first-order valence-electron chi connectivity index (χ1n) is 10.8. The van der Waals surface area contributed by atoms with Gasteiger partial charge in [-0.15, -0.1) is 0 Å². The van der Waals surface area contributed by atoms with Crippen molar-refractivity contribution >= 4 is 101 Å². The number of hydrogen-bond donors (Lipinski definition) is 0. The van der Waals surface area contributed by atoms with Crippen LogP contribution in [0.3, 0.4) is 0 Å². The van der Waals surface area contributed by atoms with Gasteiger partial charge in [0.15, 0.2) is 30.7 Å². The molecule has 0 aliphatic carbocycles. The number of benzene rings is 1. The molecule has 12 heteroatoms. The molecule has 198 valence electrons. The molecule has 0 bridgehead atoms. The van der Waals surface area contributed by atoms with E-state index in [1.807, 2.05) is 0 Å². The molecular weight excluding hydrogens is 577 g/mol. The van der Waals surface area contributed by atoms with Crippen molar-refractivity contribution in [3.8, 4) is 0 Å². The molecule has 0 radical (unpaired) electrons. The van der Waals surface area contributed by atoms with E-state index in [-0.39, 0.29) is 30.7 Å². The van der Waals surface area contributed by atoms with Gasteiger partial charge in [-0.05, 0) is 33.4 Å². The molecule has 0 unspecified atom stereocenters. The maximum Gasteiger partial charge on any atom is 0.186 e. The van der Waals surface area contributed by atoms with Crippen LogP contribution in [0.4, 0.5) is 0 Å². The Balaban J connectivity index is 4.04. The van der Waals surface area contributed by atoms with Crippen LogP contribution in [-0.2, 0) is 63.3 Å². The molecule has 0 atom stereocenters. The van der Waals surface area contributed by atoms with Gasteiger partial charge < -0.3 is 0 Å². The first-order chi connectivity index (χ1) is 16.8. The van der Waals surface area contributed by atoms with Gasteiger partial charge in [0.25, 0.3) is 0 Å². The van der Waals surface area contributed by atoms with E-state index in [0.717, 1.165) is 104 Å². The number of thioether (sulfide) groups is 6. The first-order valence-corrected chi connectivity index (χ1v) is 16.7. The Bertz CT molecular complexity index is 807. The summed E-state index contributed by atoms with van der Waals surface area (Å²) in [6.07, 6.45) is 0. The molecule has 1 aromatic rings. The highest BCUT2D eigenvalue weighted by atomic mass is 32.2. The van der Waals surface area contributed by atoms with E-state index in [2.05, 4.69) is 0 Å². The molecule has 6 nitrogen and oxygen atoms in total. The second kappa shape index (κ2) is 17.0. The van der Waals surface area contributed by atoms with Crippen LogP contribution in [0.5, 0.6) is 0 Å². The Morgan fingerprint density at radius 2 is 0.444 bits per heavy atom. The summed E-state index contributed by atoms with van der Waals surface area (Å²) < 4.78 is 0. The minimum atomic E-state index is -0.0686. The van der Waals surface area contributed by atoms with E-state index in [0.29, 0.717) is 34.5 Å². The highest BCUT2D eigenvalue weighted by Crippen LogP contribution is 2.40. The summed E-state index contributed by atoms with van der Waals surface area (Å²) in [5.74, 6) is 2.04. The minimum absolute atomic E-state index is 0.0686. The average Bonchev–Trinajstić information content (AvgIpc) is 2.75. The predicted molar refractivity (Wildman–Crippen MR) is 158 cm³/mol. The topological polar surface area (TPSA) is 102 Å². The molecule has 0 aromatic heterocycles. The summed E-state index contributed by atoms with van der Waals surface area (Å²) >= 11 is 6.82. The maximum absolute atomic E-state index is 11.9. The van der Waals surface area contributed by atoms with Gasteiger partial charge in [-0.25, -0.2) is 0 Å². The van der Waals surface area contributed by atoms with Crippen molar-refractivity contribution in [3.63, 3.8) is 0 Å². The Hall–Kier alpha value is -0.660. The molecule has 0 spiro atoms. The molecule has 0 heterocycles. The number of carbonyl (C=O) groups is 6. The van der Waals surface area contributed by atoms with Crippen LogP contribution in [0.2, 0.25) is 0 Å². The van der Waals surface area contributed by atoms with Gasteiger partial charge in [0.1, 0.15) is 0 Å². The monoisotopic (exact) mass is 606 g/mol. The number of rotatable bonds is 12. The SMILES string of the molecule is CC(=O)SCc1c(CSC(C)=O)c(CSC(C)=O)c(CSC(C)=O)c(CSC(C)=O)c1CSC(C)=O. The Kier molecular flexibility index (Phi) is 15.8. The van der Waals surface area contributed by atoms with Crippen molar-refractivity contribution in [2.24, 2.45) is 0 Å². The Morgan fingerprint density at radius 3 is 0.528 bits per heavy atom. The molecule has 0 aliphatic rings. The Labute approximate surface area is 238 Å². The van der Waals surface area contributed by atoms with E-state index in [4.69, 9.17) is 0 Å². The molecule has 0 amide bonds. The molecule has 1 aromatic carbocycles. The predicted octanol–water partition coefficient (Wildman–Crippen LogP) is 6.36. The second-order valence-electron chi connectivity index (χ2n) is 7.55. The fourth-order valence-corrected chi connectivity index (χ4v) is 7.36. The maximum atomic E-state index is 11.9. The normalized spacial score (nSPS) is 10.8. The largest absolute Gasteiger partial charge is 0.288 e. The third-order valence-electron chi connectivity index (χ3n) is 4.70. The van der Waals surface area contributed by atoms with Crippen LogP contribution >= 0.6 is 70.6 Å². The molecule has 0 aliphatic heterocycles. The molecule has 0 N–H and O–H groups in total. The Morgan fingerprint density at radius 1 is 0.333 bits per heavy atom. The summed E-state index contributed by atoms with van der Waals surface area (Å²) in [5, 5.41) is -0.412. The van der Waals surface area contributed by atoms with Crippen molar-refractivity contribution < 1.29 is 28.8 Å². The first kappa shape index (κ1) is 33.4. The van der Waals surface area contributed by atoms with Crippen LogP contribution in [0.25, 0.3) is 0 Å². The fraction of sp³-hybridized carbons (Fsp3) is 0.500. The van der Waals surface area contributed by atoms with Crippen LogP contribution in [0, 0.1) is 0 Å². The van der Waals surface area contributed by atoms with Gasteiger partial charge >= 0.3 is 0 Å². The third-order valence-corrected chi connectivity index (χ3v) is 9.74. The van der Waals surface area contributed by atoms with Crippen LogP contribution in [0.1, 0.15) is 74.9 Å². The molecule has 0 fully saturated rings. The van der Waals surface area contributed by atoms with Gasteiger partial charge in [-0.2, -0.15) is 0 Å². The van der Waals surface area contributed by atoms with Crippen molar-refractivity contribution in [1.29, 1.82) is 0 Å². The number of carbonyl (C=O) groups excluding carboxylic acids is 6. The smallest absolute Gasteiger partial charge is 0.186 e. The fourth-order valence-electron chi connectivity index (χ4n) is 3.18. The summed E-state index contributed by atoms with van der Waals surface area (Å²) in [6, 6.07) is 0. The van der Waals surface area contributed by atoms with E-state index in [1.165, 1.54) is 41.5 Å². The molecule has 0 saturated heterocycles. The zero-order valence-electron chi connectivity index (χ0n) is 21.1. The van der Waals surface area contributed by atoms with Crippen molar-refractivity contribution in [1.82, 2.24) is 0 Å². The molecule has 0 saturated carbocycles. The minimum Gasteiger partial charge on any atom is -0.288 e. The highest BCUT2D eigenvalue weighted by molar-refractivity contribution is 8.14. The standard InChI is InChI=1S/C24H30O6S6/c1-13(25)31-7-19-20(8-32-14(2)26)22(10-34-16(4)28)24(12-36-18(6)30)23(11-35-17(5)29)21(19)9-33-15(3)27/h7-12H2,1-6H3. The second-order valence-corrected chi connectivity index (χ2v) is 14.5. The van der Waals surface area contributed by atoms with Gasteiger partial charge in [0.2, 0.25) is 0 Å². The summed E-state index contributed by atoms with van der Waals surface area (Å²) in [7, 11) is 0. The van der Waals surface area contributed by atoms with Gasteiger partial charge in [-0.1, -0.05) is 70.6 Å². The van der Waals surface area contributed by atoms with Gasteiger partial charge in [0.05, 0.1) is 0 Å². The molecule has 36 heavy (non-hydrogen) atoms. The van der Waals surface area contributed by atoms with E-state index < -0.39 is 0 Å². The van der Waals surface area contributed by atoms with E-state index in [1.54, 1.807) is 0 Å². The lowest BCUT2D eigenvalue weighted by Crippen LogP contribution is -2.13. The van der Waals surface area contributed by atoms with Gasteiger partial charge in [-0.3, -0.25) is 28.8 Å². The molecular formula is C24H30O6S6. The van der Waals surface area contributed by atoms with Crippen molar-refractivity contribution in [2.45, 2.75) is 76.1 Å². The summed E-state index contributed by atoms with van der Waals surface area (Å²) in [4.78, 5) is 71.5. The molecule has 1 rings (SSSR count). The average molecular weight is 607 g/mol.